The number of aromatic nitrogens is 2. The van der Waals surface area contributed by atoms with Crippen molar-refractivity contribution < 1.29 is 9.53 Å². The Morgan fingerprint density at radius 2 is 1.93 bits per heavy atom. The van der Waals surface area contributed by atoms with Gasteiger partial charge in [-0.1, -0.05) is 12.1 Å². The van der Waals surface area contributed by atoms with Crippen LogP contribution in [0.5, 0.6) is 5.75 Å². The van der Waals surface area contributed by atoms with E-state index in [0.717, 1.165) is 24.6 Å². The summed E-state index contributed by atoms with van der Waals surface area (Å²) >= 11 is 0. The van der Waals surface area contributed by atoms with E-state index >= 15 is 0 Å². The molecule has 0 unspecified atom stereocenters. The smallest absolute Gasteiger partial charge is 0.255 e. The topological polar surface area (TPSA) is 79.4 Å². The molecule has 0 aliphatic carbocycles. The van der Waals surface area contributed by atoms with Crippen LogP contribution >= 0.6 is 0 Å². The lowest BCUT2D eigenvalue weighted by Crippen LogP contribution is -2.31. The van der Waals surface area contributed by atoms with Gasteiger partial charge in [-0.25, -0.2) is 4.98 Å². The third-order valence-corrected chi connectivity index (χ3v) is 4.57. The summed E-state index contributed by atoms with van der Waals surface area (Å²) in [5, 5.41) is 6.09. The number of rotatable bonds is 7. The maximum Gasteiger partial charge on any atom is 0.255 e. The number of carbonyl (C=O) groups excluding carboxylic acids is 1. The SMILES string of the molecule is COc1ccccc1C(=O)NCCNc1nc(C)cc(N2CCCCC2)n1. The minimum atomic E-state index is -0.159. The Bertz CT molecular complexity index is 775. The van der Waals surface area contributed by atoms with Crippen LogP contribution in [0.25, 0.3) is 0 Å². The molecular weight excluding hydrogens is 342 g/mol. The van der Waals surface area contributed by atoms with Gasteiger partial charge in [-0.2, -0.15) is 4.98 Å². The Kier molecular flexibility index (Phi) is 6.46. The number of nitrogens with one attached hydrogen (secondary N) is 2. The van der Waals surface area contributed by atoms with Crippen molar-refractivity contribution in [2.75, 3.05) is 43.5 Å². The first kappa shape index (κ1) is 18.9. The van der Waals surface area contributed by atoms with Gasteiger partial charge in [-0.15, -0.1) is 0 Å². The van der Waals surface area contributed by atoms with E-state index in [2.05, 4.69) is 25.5 Å². The minimum Gasteiger partial charge on any atom is -0.496 e. The molecule has 27 heavy (non-hydrogen) atoms. The number of aryl methyl sites for hydroxylation is 1. The maximum absolute atomic E-state index is 12.3. The summed E-state index contributed by atoms with van der Waals surface area (Å²) in [6.45, 7) is 5.08. The number of hydrogen-bond donors (Lipinski definition) is 2. The molecule has 3 rings (SSSR count). The summed E-state index contributed by atoms with van der Waals surface area (Å²) in [7, 11) is 1.56. The molecule has 0 radical (unpaired) electrons. The van der Waals surface area contributed by atoms with Crippen molar-refractivity contribution in [2.24, 2.45) is 0 Å². The third kappa shape index (κ3) is 5.09. The monoisotopic (exact) mass is 369 g/mol. The van der Waals surface area contributed by atoms with Crippen molar-refractivity contribution in [3.8, 4) is 5.75 Å². The molecule has 144 valence electrons. The lowest BCUT2D eigenvalue weighted by atomic mass is 10.1. The van der Waals surface area contributed by atoms with Crippen LogP contribution < -0.4 is 20.3 Å². The zero-order valence-electron chi connectivity index (χ0n) is 16.0. The number of piperidine rings is 1. The van der Waals surface area contributed by atoms with Gasteiger partial charge in [0.15, 0.2) is 0 Å². The molecule has 1 amide bonds. The summed E-state index contributed by atoms with van der Waals surface area (Å²) in [4.78, 5) is 23.7. The van der Waals surface area contributed by atoms with Crippen LogP contribution in [0.2, 0.25) is 0 Å². The highest BCUT2D eigenvalue weighted by Gasteiger charge is 2.14. The molecule has 1 saturated heterocycles. The van der Waals surface area contributed by atoms with Crippen molar-refractivity contribution in [1.82, 2.24) is 15.3 Å². The molecule has 2 N–H and O–H groups in total. The fourth-order valence-electron chi connectivity index (χ4n) is 3.19. The average molecular weight is 369 g/mol. The van der Waals surface area contributed by atoms with Crippen LogP contribution in [0.15, 0.2) is 30.3 Å². The second-order valence-electron chi connectivity index (χ2n) is 6.62. The van der Waals surface area contributed by atoms with Crippen molar-refractivity contribution >= 4 is 17.7 Å². The van der Waals surface area contributed by atoms with Gasteiger partial charge in [-0.05, 0) is 38.3 Å². The quantitative estimate of drug-likeness (QED) is 0.731. The van der Waals surface area contributed by atoms with Crippen molar-refractivity contribution in [2.45, 2.75) is 26.2 Å². The Balaban J connectivity index is 1.53. The molecule has 1 aromatic heterocycles. The van der Waals surface area contributed by atoms with Crippen molar-refractivity contribution in [3.05, 3.63) is 41.6 Å². The lowest BCUT2D eigenvalue weighted by molar-refractivity contribution is 0.0952. The van der Waals surface area contributed by atoms with Crippen LogP contribution in [0, 0.1) is 6.92 Å². The number of methoxy groups -OCH3 is 1. The molecule has 1 aliphatic rings. The zero-order chi connectivity index (χ0) is 19.1. The van der Waals surface area contributed by atoms with E-state index in [1.54, 1.807) is 19.2 Å². The maximum atomic E-state index is 12.3. The summed E-state index contributed by atoms with van der Waals surface area (Å²) in [6.07, 6.45) is 3.71. The number of hydrogen-bond acceptors (Lipinski definition) is 6. The van der Waals surface area contributed by atoms with Gasteiger partial charge >= 0.3 is 0 Å². The van der Waals surface area contributed by atoms with Crippen LogP contribution in [-0.2, 0) is 0 Å². The van der Waals surface area contributed by atoms with E-state index in [4.69, 9.17) is 4.74 Å². The van der Waals surface area contributed by atoms with Crippen LogP contribution in [0.3, 0.4) is 0 Å². The number of nitrogens with zero attached hydrogens (tertiary/aromatic N) is 3. The largest absolute Gasteiger partial charge is 0.496 e. The van der Waals surface area contributed by atoms with Crippen molar-refractivity contribution in [1.29, 1.82) is 0 Å². The minimum absolute atomic E-state index is 0.159. The molecule has 2 aromatic rings. The molecule has 0 atom stereocenters. The number of carbonyl (C=O) groups is 1. The van der Waals surface area contributed by atoms with Gasteiger partial charge in [0.25, 0.3) is 5.91 Å². The molecule has 7 heteroatoms. The fourth-order valence-corrected chi connectivity index (χ4v) is 3.19. The lowest BCUT2D eigenvalue weighted by Gasteiger charge is -2.28. The number of para-hydroxylation sites is 1. The van der Waals surface area contributed by atoms with Crippen LogP contribution in [0.1, 0.15) is 35.3 Å². The number of amides is 1. The van der Waals surface area contributed by atoms with Crippen molar-refractivity contribution in [3.63, 3.8) is 0 Å². The summed E-state index contributed by atoms with van der Waals surface area (Å²) in [6, 6.07) is 9.20. The summed E-state index contributed by atoms with van der Waals surface area (Å²) in [5.74, 6) is 1.98. The second-order valence-corrected chi connectivity index (χ2v) is 6.62. The molecule has 0 saturated carbocycles. The van der Waals surface area contributed by atoms with Gasteiger partial charge in [-0.3, -0.25) is 4.79 Å². The highest BCUT2D eigenvalue weighted by molar-refractivity contribution is 5.96. The van der Waals surface area contributed by atoms with Crippen LogP contribution in [-0.4, -0.2) is 49.2 Å². The number of benzene rings is 1. The van der Waals surface area contributed by atoms with E-state index in [9.17, 15) is 4.79 Å². The highest BCUT2D eigenvalue weighted by Crippen LogP contribution is 2.19. The zero-order valence-corrected chi connectivity index (χ0v) is 16.0. The standard InChI is InChI=1S/C20H27N5O2/c1-15-14-18(25-12-6-3-7-13-25)24-20(23-15)22-11-10-21-19(26)16-8-4-5-9-17(16)27-2/h4-5,8-9,14H,3,6-7,10-13H2,1-2H3,(H,21,26)(H,22,23,24). The first-order valence-corrected chi connectivity index (χ1v) is 9.43. The third-order valence-electron chi connectivity index (χ3n) is 4.57. The number of anilines is 2. The summed E-state index contributed by atoms with van der Waals surface area (Å²) in [5.41, 5.74) is 1.46. The van der Waals surface area contributed by atoms with E-state index in [-0.39, 0.29) is 5.91 Å². The average Bonchev–Trinajstić information content (AvgIpc) is 2.71. The van der Waals surface area contributed by atoms with E-state index in [0.29, 0.717) is 30.4 Å². The number of ether oxygens (including phenoxy) is 1. The molecule has 2 heterocycles. The predicted octanol–water partition coefficient (Wildman–Crippen LogP) is 2.63. The summed E-state index contributed by atoms with van der Waals surface area (Å²) < 4.78 is 5.22. The molecule has 0 bridgehead atoms. The molecule has 1 fully saturated rings. The highest BCUT2D eigenvalue weighted by atomic mass is 16.5. The van der Waals surface area contributed by atoms with E-state index in [1.807, 2.05) is 25.1 Å². The molecule has 1 aliphatic heterocycles. The molecule has 7 nitrogen and oxygen atoms in total. The normalized spacial score (nSPS) is 13.9. The van der Waals surface area contributed by atoms with Gasteiger partial charge in [0, 0.05) is 37.9 Å². The Morgan fingerprint density at radius 1 is 1.15 bits per heavy atom. The molecule has 0 spiro atoms. The molecule has 1 aromatic carbocycles. The second kappa shape index (κ2) is 9.21. The van der Waals surface area contributed by atoms with Gasteiger partial charge in [0.2, 0.25) is 5.95 Å². The van der Waals surface area contributed by atoms with E-state index < -0.39 is 0 Å². The molecular formula is C20H27N5O2. The van der Waals surface area contributed by atoms with Gasteiger partial charge in [0.1, 0.15) is 11.6 Å². The van der Waals surface area contributed by atoms with E-state index in [1.165, 1.54) is 19.3 Å². The van der Waals surface area contributed by atoms with Crippen LogP contribution in [0.4, 0.5) is 11.8 Å². The van der Waals surface area contributed by atoms with Gasteiger partial charge < -0.3 is 20.3 Å². The first-order valence-electron chi connectivity index (χ1n) is 9.43. The fraction of sp³-hybridized carbons (Fsp3) is 0.450. The Hall–Kier alpha value is -2.83. The Labute approximate surface area is 160 Å². The Morgan fingerprint density at radius 3 is 2.70 bits per heavy atom. The van der Waals surface area contributed by atoms with Gasteiger partial charge in [0.05, 0.1) is 12.7 Å². The predicted molar refractivity (Wildman–Crippen MR) is 107 cm³/mol. The first-order chi connectivity index (χ1) is 13.2.